The van der Waals surface area contributed by atoms with Crippen molar-refractivity contribution < 1.29 is 14.7 Å². The predicted molar refractivity (Wildman–Crippen MR) is 61.5 cm³/mol. The Morgan fingerprint density at radius 3 is 2.88 bits per heavy atom. The number of pyridine rings is 1. The molecule has 5 nitrogen and oxygen atoms in total. The maximum Gasteiger partial charge on any atom is 0.305 e. The van der Waals surface area contributed by atoms with Gasteiger partial charge in [-0.05, 0) is 22.0 Å². The first-order valence-corrected chi connectivity index (χ1v) is 5.49. The molecule has 0 unspecified atom stereocenters. The zero-order valence-corrected chi connectivity index (χ0v) is 10.4. The predicted octanol–water partition coefficient (Wildman–Crippen LogP) is 1.70. The molecule has 0 atom stereocenters. The van der Waals surface area contributed by atoms with E-state index in [9.17, 15) is 9.59 Å². The van der Waals surface area contributed by atoms with E-state index in [2.05, 4.69) is 26.2 Å². The number of carbonyl (C=O) groups excluding carboxylic acids is 1. The molecule has 1 amide bonds. The largest absolute Gasteiger partial charge is 0.481 e. The lowest BCUT2D eigenvalue weighted by atomic mass is 10.2. The Kier molecular flexibility index (Phi) is 4.70. The summed E-state index contributed by atoms with van der Waals surface area (Å²) in [5, 5.41) is 10.9. The number of hydrogen-bond donors (Lipinski definition) is 2. The van der Waals surface area contributed by atoms with E-state index >= 15 is 0 Å². The van der Waals surface area contributed by atoms with Gasteiger partial charge in [-0.3, -0.25) is 9.59 Å². The first-order valence-electron chi connectivity index (χ1n) is 4.31. The van der Waals surface area contributed by atoms with E-state index < -0.39 is 11.9 Å². The van der Waals surface area contributed by atoms with Gasteiger partial charge in [0, 0.05) is 17.2 Å². The fourth-order valence-corrected chi connectivity index (χ4v) is 1.48. The summed E-state index contributed by atoms with van der Waals surface area (Å²) < 4.78 is 0.625. The summed E-state index contributed by atoms with van der Waals surface area (Å²) in [7, 11) is 0. The van der Waals surface area contributed by atoms with Crippen molar-refractivity contribution in [2.24, 2.45) is 0 Å². The minimum absolute atomic E-state index is 0.0526. The fraction of sp³-hybridized carbons (Fsp3) is 0.222. The van der Waals surface area contributed by atoms with Gasteiger partial charge in [0.25, 0.3) is 5.91 Å². The Morgan fingerprint density at radius 1 is 1.56 bits per heavy atom. The Labute approximate surface area is 105 Å². The smallest absolute Gasteiger partial charge is 0.305 e. The van der Waals surface area contributed by atoms with Crippen LogP contribution >= 0.6 is 27.5 Å². The molecule has 0 fully saturated rings. The molecule has 1 rings (SSSR count). The van der Waals surface area contributed by atoms with Gasteiger partial charge >= 0.3 is 5.97 Å². The van der Waals surface area contributed by atoms with Crippen molar-refractivity contribution in [2.75, 3.05) is 6.54 Å². The molecule has 16 heavy (non-hydrogen) atoms. The zero-order valence-electron chi connectivity index (χ0n) is 8.04. The average Bonchev–Trinajstić information content (AvgIpc) is 2.21. The van der Waals surface area contributed by atoms with Gasteiger partial charge < -0.3 is 10.4 Å². The molecule has 1 heterocycles. The highest BCUT2D eigenvalue weighted by atomic mass is 79.9. The molecular formula is C9H8BrClN2O3. The maximum absolute atomic E-state index is 11.5. The number of carboxylic acid groups (broad SMARTS) is 1. The Morgan fingerprint density at radius 2 is 2.25 bits per heavy atom. The van der Waals surface area contributed by atoms with Crippen molar-refractivity contribution in [1.29, 1.82) is 0 Å². The number of halogens is 2. The van der Waals surface area contributed by atoms with Crippen LogP contribution in [0, 0.1) is 0 Å². The van der Waals surface area contributed by atoms with E-state index in [1.807, 2.05) is 0 Å². The number of aliphatic carboxylic acids is 1. The third-order valence-corrected chi connectivity index (χ3v) is 2.41. The first kappa shape index (κ1) is 12.9. The second-order valence-electron chi connectivity index (χ2n) is 2.89. The summed E-state index contributed by atoms with van der Waals surface area (Å²) in [6, 6.07) is 1.52. The molecule has 0 aromatic carbocycles. The van der Waals surface area contributed by atoms with Gasteiger partial charge in [-0.25, -0.2) is 4.98 Å². The summed E-state index contributed by atoms with van der Waals surface area (Å²) in [4.78, 5) is 25.6. The van der Waals surface area contributed by atoms with Crippen LogP contribution in [0.4, 0.5) is 0 Å². The Balaban J connectivity index is 2.65. The van der Waals surface area contributed by atoms with Crippen LogP contribution in [-0.4, -0.2) is 28.5 Å². The number of nitrogens with zero attached hydrogens (tertiary/aromatic N) is 1. The Hall–Kier alpha value is -1.14. The van der Waals surface area contributed by atoms with Gasteiger partial charge in [0.05, 0.1) is 12.0 Å². The van der Waals surface area contributed by atoms with Crippen LogP contribution in [0.15, 0.2) is 16.7 Å². The van der Waals surface area contributed by atoms with E-state index in [1.54, 1.807) is 0 Å². The second kappa shape index (κ2) is 5.81. The SMILES string of the molecule is O=C(O)CCNC(=O)c1cc(Br)cnc1Cl. The van der Waals surface area contributed by atoms with Crippen molar-refractivity contribution in [1.82, 2.24) is 10.3 Å². The van der Waals surface area contributed by atoms with Crippen molar-refractivity contribution >= 4 is 39.4 Å². The van der Waals surface area contributed by atoms with Crippen LogP contribution in [0.2, 0.25) is 5.15 Å². The van der Waals surface area contributed by atoms with Crippen molar-refractivity contribution in [3.8, 4) is 0 Å². The standard InChI is InChI=1S/C9H8BrClN2O3/c10-5-3-6(8(11)13-4-5)9(16)12-2-1-7(14)15/h3-4H,1-2H2,(H,12,16)(H,14,15). The molecule has 0 radical (unpaired) electrons. The van der Waals surface area contributed by atoms with Crippen LogP contribution in [0.1, 0.15) is 16.8 Å². The molecule has 86 valence electrons. The highest BCUT2D eigenvalue weighted by Gasteiger charge is 2.11. The number of amides is 1. The number of rotatable bonds is 4. The number of nitrogens with one attached hydrogen (secondary N) is 1. The summed E-state index contributed by atoms with van der Waals surface area (Å²) in [6.45, 7) is 0.0526. The molecule has 2 N–H and O–H groups in total. The van der Waals surface area contributed by atoms with Crippen LogP contribution in [0.25, 0.3) is 0 Å². The van der Waals surface area contributed by atoms with E-state index in [-0.39, 0.29) is 23.7 Å². The van der Waals surface area contributed by atoms with E-state index in [0.717, 1.165) is 0 Å². The van der Waals surface area contributed by atoms with Gasteiger partial charge in [0.1, 0.15) is 5.15 Å². The highest BCUT2D eigenvalue weighted by molar-refractivity contribution is 9.10. The van der Waals surface area contributed by atoms with Crippen molar-refractivity contribution in [3.05, 3.63) is 27.5 Å². The van der Waals surface area contributed by atoms with Gasteiger partial charge in [-0.2, -0.15) is 0 Å². The minimum atomic E-state index is -0.973. The molecule has 0 saturated carbocycles. The maximum atomic E-state index is 11.5. The summed E-state index contributed by atoms with van der Waals surface area (Å²) in [5.74, 6) is -1.42. The van der Waals surface area contributed by atoms with Crippen molar-refractivity contribution in [2.45, 2.75) is 6.42 Å². The monoisotopic (exact) mass is 306 g/mol. The molecule has 0 bridgehead atoms. The number of aromatic nitrogens is 1. The van der Waals surface area contributed by atoms with Crippen LogP contribution in [0.3, 0.4) is 0 Å². The third-order valence-electron chi connectivity index (χ3n) is 1.67. The molecule has 1 aromatic heterocycles. The second-order valence-corrected chi connectivity index (χ2v) is 4.17. The zero-order chi connectivity index (χ0) is 12.1. The molecule has 0 saturated heterocycles. The summed E-state index contributed by atoms with van der Waals surface area (Å²) >= 11 is 8.88. The molecule has 7 heteroatoms. The van der Waals surface area contributed by atoms with Crippen LogP contribution in [-0.2, 0) is 4.79 Å². The average molecular weight is 308 g/mol. The van der Waals surface area contributed by atoms with E-state index in [1.165, 1.54) is 12.3 Å². The molecular weight excluding hydrogens is 299 g/mol. The normalized spacial score (nSPS) is 9.88. The lowest BCUT2D eigenvalue weighted by Gasteiger charge is -2.05. The van der Waals surface area contributed by atoms with E-state index in [4.69, 9.17) is 16.7 Å². The number of hydrogen-bond acceptors (Lipinski definition) is 3. The van der Waals surface area contributed by atoms with Gasteiger partial charge in [0.2, 0.25) is 0 Å². The van der Waals surface area contributed by atoms with Crippen molar-refractivity contribution in [3.63, 3.8) is 0 Å². The number of carboxylic acids is 1. The van der Waals surface area contributed by atoms with Gasteiger partial charge in [0.15, 0.2) is 0 Å². The lowest BCUT2D eigenvalue weighted by Crippen LogP contribution is -2.26. The highest BCUT2D eigenvalue weighted by Crippen LogP contribution is 2.17. The van der Waals surface area contributed by atoms with E-state index in [0.29, 0.717) is 4.47 Å². The summed E-state index contributed by atoms with van der Waals surface area (Å²) in [5.41, 5.74) is 0.210. The molecule has 1 aromatic rings. The van der Waals surface area contributed by atoms with Gasteiger partial charge in [-0.15, -0.1) is 0 Å². The Bertz CT molecular complexity index is 425. The minimum Gasteiger partial charge on any atom is -0.481 e. The molecule has 0 spiro atoms. The number of carbonyl (C=O) groups is 2. The van der Waals surface area contributed by atoms with Gasteiger partial charge in [-0.1, -0.05) is 11.6 Å². The lowest BCUT2D eigenvalue weighted by molar-refractivity contribution is -0.136. The third kappa shape index (κ3) is 3.79. The molecule has 0 aliphatic carbocycles. The molecule has 0 aliphatic heterocycles. The van der Waals surface area contributed by atoms with Crippen LogP contribution in [0.5, 0.6) is 0 Å². The topological polar surface area (TPSA) is 79.3 Å². The first-order chi connectivity index (χ1) is 7.50. The fourth-order valence-electron chi connectivity index (χ4n) is 0.960. The molecule has 0 aliphatic rings. The summed E-state index contributed by atoms with van der Waals surface area (Å²) in [6.07, 6.45) is 1.33. The quantitative estimate of drug-likeness (QED) is 0.830. The van der Waals surface area contributed by atoms with Crippen LogP contribution < -0.4 is 5.32 Å².